The average Bonchev–Trinajstić information content (AvgIpc) is 3.25. The van der Waals surface area contributed by atoms with Gasteiger partial charge in [-0.15, -0.1) is 11.3 Å². The van der Waals surface area contributed by atoms with Crippen LogP contribution in [-0.4, -0.2) is 17.6 Å². The number of nitrogens with zero attached hydrogens (tertiary/aromatic N) is 1. The summed E-state index contributed by atoms with van der Waals surface area (Å²) in [6.45, 7) is 7.32. The Kier molecular flexibility index (Phi) is 5.39. The number of thiazole rings is 1. The summed E-state index contributed by atoms with van der Waals surface area (Å²) < 4.78 is 5.71. The predicted octanol–water partition coefficient (Wildman–Crippen LogP) is 4.43. The Hall–Kier alpha value is -1.92. The Morgan fingerprint density at radius 1 is 1.40 bits per heavy atom. The normalized spacial score (nSPS) is 14.4. The van der Waals surface area contributed by atoms with Crippen molar-refractivity contribution in [1.82, 2.24) is 10.3 Å². The van der Waals surface area contributed by atoms with Gasteiger partial charge in [-0.1, -0.05) is 12.1 Å². The van der Waals surface area contributed by atoms with Crippen LogP contribution in [0, 0.1) is 12.8 Å². The molecule has 1 heterocycles. The van der Waals surface area contributed by atoms with Gasteiger partial charge >= 0.3 is 6.03 Å². The standard InChI is InChI=1S/C19H25N3O2S/c1-13-10-20-17(25-13)19(2,3)22-18(23)21-16-6-4-5-15(9-16)12-24-11-14-7-8-14/h4-6,9-10,14H,7-8,11-12H2,1-3H3,(H2,21,22,23). The molecular formula is C19H25N3O2S. The molecule has 2 aromatic rings. The van der Waals surface area contributed by atoms with Crippen LogP contribution >= 0.6 is 11.3 Å². The Morgan fingerprint density at radius 3 is 2.88 bits per heavy atom. The molecule has 0 saturated heterocycles. The lowest BCUT2D eigenvalue weighted by molar-refractivity contribution is 0.111. The van der Waals surface area contributed by atoms with Crippen molar-refractivity contribution < 1.29 is 9.53 Å². The van der Waals surface area contributed by atoms with Crippen LogP contribution in [0.5, 0.6) is 0 Å². The molecule has 1 aliphatic rings. The summed E-state index contributed by atoms with van der Waals surface area (Å²) in [5.74, 6) is 0.754. The molecule has 1 saturated carbocycles. The van der Waals surface area contributed by atoms with E-state index in [9.17, 15) is 4.79 Å². The van der Waals surface area contributed by atoms with Crippen LogP contribution in [0.15, 0.2) is 30.5 Å². The van der Waals surface area contributed by atoms with Gasteiger partial charge in [0.15, 0.2) is 0 Å². The Balaban J connectivity index is 1.54. The number of urea groups is 1. The van der Waals surface area contributed by atoms with Gasteiger partial charge in [-0.05, 0) is 57.2 Å². The third-order valence-corrected chi connectivity index (χ3v) is 5.32. The molecule has 1 aliphatic carbocycles. The zero-order valence-electron chi connectivity index (χ0n) is 15.0. The van der Waals surface area contributed by atoms with E-state index in [4.69, 9.17) is 4.74 Å². The van der Waals surface area contributed by atoms with Crippen molar-refractivity contribution in [2.75, 3.05) is 11.9 Å². The molecule has 0 radical (unpaired) electrons. The van der Waals surface area contributed by atoms with E-state index in [-0.39, 0.29) is 6.03 Å². The minimum atomic E-state index is -0.520. The van der Waals surface area contributed by atoms with E-state index in [0.29, 0.717) is 6.61 Å². The predicted molar refractivity (Wildman–Crippen MR) is 101 cm³/mol. The number of carbonyl (C=O) groups excluding carboxylic acids is 1. The molecule has 25 heavy (non-hydrogen) atoms. The van der Waals surface area contributed by atoms with Crippen LogP contribution in [0.2, 0.25) is 0 Å². The summed E-state index contributed by atoms with van der Waals surface area (Å²) in [6, 6.07) is 7.53. The Bertz CT molecular complexity index is 738. The Morgan fingerprint density at radius 2 is 2.20 bits per heavy atom. The van der Waals surface area contributed by atoms with E-state index in [1.54, 1.807) is 11.3 Å². The first kappa shape index (κ1) is 17.9. The molecule has 1 aromatic carbocycles. The maximum absolute atomic E-state index is 12.4. The molecule has 2 N–H and O–H groups in total. The molecule has 3 rings (SSSR count). The SMILES string of the molecule is Cc1cnc(C(C)(C)NC(=O)Nc2cccc(COCC3CC3)c2)s1. The molecule has 1 fully saturated rings. The molecule has 134 valence electrons. The summed E-state index contributed by atoms with van der Waals surface area (Å²) >= 11 is 1.59. The lowest BCUT2D eigenvalue weighted by Crippen LogP contribution is -2.43. The van der Waals surface area contributed by atoms with Crippen molar-refractivity contribution in [3.8, 4) is 0 Å². The van der Waals surface area contributed by atoms with E-state index < -0.39 is 5.54 Å². The van der Waals surface area contributed by atoms with Gasteiger partial charge in [0.25, 0.3) is 0 Å². The number of rotatable bonds is 7. The third-order valence-electron chi connectivity index (χ3n) is 4.09. The van der Waals surface area contributed by atoms with Crippen LogP contribution in [0.1, 0.15) is 42.1 Å². The molecule has 2 amide bonds. The van der Waals surface area contributed by atoms with Crippen molar-refractivity contribution in [2.24, 2.45) is 5.92 Å². The highest BCUT2D eigenvalue weighted by Gasteiger charge is 2.26. The second kappa shape index (κ2) is 7.54. The second-order valence-electron chi connectivity index (χ2n) is 7.14. The van der Waals surface area contributed by atoms with Gasteiger partial charge in [0.05, 0.1) is 12.1 Å². The number of aromatic nitrogens is 1. The molecule has 0 aliphatic heterocycles. The number of hydrogen-bond donors (Lipinski definition) is 2. The van der Waals surface area contributed by atoms with Crippen LogP contribution < -0.4 is 10.6 Å². The molecular weight excluding hydrogens is 334 g/mol. The lowest BCUT2D eigenvalue weighted by atomic mass is 10.1. The van der Waals surface area contributed by atoms with Gasteiger partial charge < -0.3 is 15.4 Å². The smallest absolute Gasteiger partial charge is 0.319 e. The summed E-state index contributed by atoms with van der Waals surface area (Å²) in [7, 11) is 0. The van der Waals surface area contributed by atoms with E-state index in [2.05, 4.69) is 15.6 Å². The van der Waals surface area contributed by atoms with Crippen LogP contribution in [0.25, 0.3) is 0 Å². The lowest BCUT2D eigenvalue weighted by Gasteiger charge is -2.24. The van der Waals surface area contributed by atoms with Gasteiger partial charge in [0.2, 0.25) is 0 Å². The quantitative estimate of drug-likeness (QED) is 0.768. The first-order valence-corrected chi connectivity index (χ1v) is 9.43. The zero-order valence-corrected chi connectivity index (χ0v) is 15.8. The molecule has 0 atom stereocenters. The van der Waals surface area contributed by atoms with Crippen molar-refractivity contribution >= 4 is 23.1 Å². The Labute approximate surface area is 152 Å². The molecule has 5 nitrogen and oxygen atoms in total. The monoisotopic (exact) mass is 359 g/mol. The number of aryl methyl sites for hydroxylation is 1. The van der Waals surface area contributed by atoms with Crippen molar-refractivity contribution in [3.63, 3.8) is 0 Å². The first-order chi connectivity index (χ1) is 11.9. The van der Waals surface area contributed by atoms with Crippen LogP contribution in [0.3, 0.4) is 0 Å². The highest BCUT2D eigenvalue weighted by atomic mass is 32.1. The van der Waals surface area contributed by atoms with Gasteiger partial charge in [-0.3, -0.25) is 0 Å². The minimum Gasteiger partial charge on any atom is -0.376 e. The number of benzene rings is 1. The van der Waals surface area contributed by atoms with Crippen molar-refractivity contribution in [3.05, 3.63) is 45.9 Å². The van der Waals surface area contributed by atoms with Crippen LogP contribution in [0.4, 0.5) is 10.5 Å². The van der Waals surface area contributed by atoms with E-state index in [0.717, 1.165) is 33.7 Å². The maximum atomic E-state index is 12.4. The summed E-state index contributed by atoms with van der Waals surface area (Å²) in [6.07, 6.45) is 4.40. The van der Waals surface area contributed by atoms with Gasteiger partial charge in [0.1, 0.15) is 5.01 Å². The van der Waals surface area contributed by atoms with Gasteiger partial charge in [-0.2, -0.15) is 0 Å². The highest BCUT2D eigenvalue weighted by molar-refractivity contribution is 7.11. The number of hydrogen-bond acceptors (Lipinski definition) is 4. The molecule has 1 aromatic heterocycles. The third kappa shape index (κ3) is 5.28. The fourth-order valence-corrected chi connectivity index (χ4v) is 3.33. The first-order valence-electron chi connectivity index (χ1n) is 8.61. The number of ether oxygens (including phenoxy) is 1. The summed E-state index contributed by atoms with van der Waals surface area (Å²) in [5.41, 5.74) is 1.30. The fourth-order valence-electron chi connectivity index (χ4n) is 2.51. The van der Waals surface area contributed by atoms with Crippen molar-refractivity contribution in [2.45, 2.75) is 45.8 Å². The van der Waals surface area contributed by atoms with Crippen molar-refractivity contribution in [1.29, 1.82) is 0 Å². The van der Waals surface area contributed by atoms with E-state index in [1.807, 2.05) is 51.2 Å². The minimum absolute atomic E-state index is 0.242. The van der Waals surface area contributed by atoms with Gasteiger partial charge in [-0.25, -0.2) is 9.78 Å². The topological polar surface area (TPSA) is 63.2 Å². The van der Waals surface area contributed by atoms with Crippen LogP contribution in [-0.2, 0) is 16.9 Å². The number of anilines is 1. The number of amides is 2. The largest absolute Gasteiger partial charge is 0.376 e. The van der Waals surface area contributed by atoms with E-state index >= 15 is 0 Å². The van der Waals surface area contributed by atoms with Gasteiger partial charge in [0, 0.05) is 23.4 Å². The average molecular weight is 359 g/mol. The number of carbonyl (C=O) groups is 1. The highest BCUT2D eigenvalue weighted by Crippen LogP contribution is 2.29. The molecule has 0 bridgehead atoms. The maximum Gasteiger partial charge on any atom is 0.319 e. The molecule has 0 unspecified atom stereocenters. The zero-order chi connectivity index (χ0) is 17.9. The molecule has 0 spiro atoms. The molecule has 6 heteroatoms. The summed E-state index contributed by atoms with van der Waals surface area (Å²) in [5, 5.41) is 6.78. The second-order valence-corrected chi connectivity index (χ2v) is 8.37. The van der Waals surface area contributed by atoms with E-state index in [1.165, 1.54) is 12.8 Å². The fraction of sp³-hybridized carbons (Fsp3) is 0.474. The number of nitrogens with one attached hydrogen (secondary N) is 2. The summed E-state index contributed by atoms with van der Waals surface area (Å²) in [4.78, 5) is 17.9.